The molecule has 0 aromatic heterocycles. The molecule has 19 heavy (non-hydrogen) atoms. The van der Waals surface area contributed by atoms with Gasteiger partial charge in [-0.2, -0.15) is 0 Å². The lowest BCUT2D eigenvalue weighted by Gasteiger charge is -2.09. The van der Waals surface area contributed by atoms with Crippen LogP contribution >= 0.6 is 0 Å². The Balaban J connectivity index is 2.27. The molecule has 3 nitrogen and oxygen atoms in total. The normalized spacial score (nSPS) is 9.74. The van der Waals surface area contributed by atoms with Crippen LogP contribution in [0.5, 0.6) is 0 Å². The third-order valence-electron chi connectivity index (χ3n) is 2.94. The van der Waals surface area contributed by atoms with Crippen LogP contribution in [0, 0.1) is 0 Å². The summed E-state index contributed by atoms with van der Waals surface area (Å²) in [5.74, 6) is -0.211. The number of carbonyl (C=O) groups excluding carboxylic acids is 2. The summed E-state index contributed by atoms with van der Waals surface area (Å²) in [6.07, 6.45) is 0.750. The third kappa shape index (κ3) is 3.10. The monoisotopic (exact) mass is 251 g/mol. The Morgan fingerprint density at radius 2 is 1.89 bits per heavy atom. The minimum absolute atomic E-state index is 0.211. The van der Waals surface area contributed by atoms with E-state index in [9.17, 15) is 9.59 Å². The number of hydrogen-bond donors (Lipinski definition) is 1. The highest BCUT2D eigenvalue weighted by atomic mass is 16.1. The Bertz CT molecular complexity index is 596. The molecule has 94 valence electrons. The largest absolute Gasteiger partial charge is 0.321 e. The highest BCUT2D eigenvalue weighted by Crippen LogP contribution is 2.13. The Hall–Kier alpha value is -2.36. The summed E-state index contributed by atoms with van der Waals surface area (Å²) in [5, 5.41) is 2.78. The molecule has 1 amide bonds. The maximum atomic E-state index is 12.1. The number of nitrogens with one attached hydrogen (secondary N) is 1. The van der Waals surface area contributed by atoms with Crippen molar-refractivity contribution in [2.75, 3.05) is 5.32 Å². The summed E-state index contributed by atoms with van der Waals surface area (Å²) in [6.45, 7) is 2.03. The lowest BCUT2D eigenvalue weighted by molar-refractivity contribution is 0.102. The molecule has 0 heterocycles. The summed E-state index contributed by atoms with van der Waals surface area (Å²) in [5.41, 5.74) is 2.69. The van der Waals surface area contributed by atoms with Gasteiger partial charge in [-0.25, -0.2) is 0 Å². The fraction of sp³-hybridized carbons (Fsp3) is 0.0667. The van der Waals surface area contributed by atoms with Crippen LogP contribution in [0.3, 0.4) is 0 Å². The molecule has 0 fully saturated rings. The van der Waals surface area contributed by atoms with E-state index in [2.05, 4.69) is 5.32 Å². The van der Waals surface area contributed by atoms with Crippen molar-refractivity contribution in [2.45, 2.75) is 6.82 Å². The molecular weight excluding hydrogens is 237 g/mol. The topological polar surface area (TPSA) is 46.2 Å². The summed E-state index contributed by atoms with van der Waals surface area (Å²) in [4.78, 5) is 23.0. The zero-order valence-corrected chi connectivity index (χ0v) is 10.7. The summed E-state index contributed by atoms with van der Waals surface area (Å²) < 4.78 is 0. The van der Waals surface area contributed by atoms with Gasteiger partial charge >= 0.3 is 0 Å². The highest BCUT2D eigenvalue weighted by Gasteiger charge is 2.09. The van der Waals surface area contributed by atoms with Crippen molar-refractivity contribution in [2.24, 2.45) is 0 Å². The van der Waals surface area contributed by atoms with Crippen LogP contribution in [0.4, 0.5) is 5.69 Å². The van der Waals surface area contributed by atoms with Gasteiger partial charge in [-0.3, -0.25) is 9.59 Å². The minimum atomic E-state index is -0.211. The van der Waals surface area contributed by atoms with E-state index in [0.29, 0.717) is 16.8 Å². The van der Waals surface area contributed by atoms with E-state index in [-0.39, 0.29) is 5.91 Å². The van der Waals surface area contributed by atoms with E-state index in [1.807, 2.05) is 25.0 Å². The number of carbonyl (C=O) groups is 2. The Morgan fingerprint density at radius 3 is 2.53 bits per heavy atom. The quantitative estimate of drug-likeness (QED) is 0.665. The molecule has 2 aromatic rings. The highest BCUT2D eigenvalue weighted by molar-refractivity contribution is 6.52. The zero-order chi connectivity index (χ0) is 13.7. The molecule has 0 saturated heterocycles. The molecule has 0 aliphatic heterocycles. The van der Waals surface area contributed by atoms with Crippen molar-refractivity contribution in [3.05, 3.63) is 59.7 Å². The first kappa shape index (κ1) is 13.1. The van der Waals surface area contributed by atoms with Crippen molar-refractivity contribution in [3.63, 3.8) is 0 Å². The van der Waals surface area contributed by atoms with Crippen molar-refractivity contribution in [1.82, 2.24) is 0 Å². The molecule has 4 heteroatoms. The maximum absolute atomic E-state index is 12.1. The van der Waals surface area contributed by atoms with Crippen LogP contribution in [-0.4, -0.2) is 19.5 Å². The van der Waals surface area contributed by atoms with E-state index in [0.717, 1.165) is 19.0 Å². The van der Waals surface area contributed by atoms with Crippen molar-refractivity contribution >= 4 is 30.6 Å². The average Bonchev–Trinajstić information content (AvgIpc) is 2.48. The van der Waals surface area contributed by atoms with Crippen LogP contribution in [0.2, 0.25) is 6.82 Å². The number of benzene rings is 2. The average molecular weight is 251 g/mol. The van der Waals surface area contributed by atoms with Crippen LogP contribution in [0.1, 0.15) is 20.7 Å². The lowest BCUT2D eigenvalue weighted by atomic mass is 9.73. The van der Waals surface area contributed by atoms with Crippen LogP contribution in [-0.2, 0) is 0 Å². The van der Waals surface area contributed by atoms with E-state index < -0.39 is 0 Å². The molecule has 0 radical (unpaired) electrons. The molecule has 0 saturated carbocycles. The fourth-order valence-electron chi connectivity index (χ4n) is 1.82. The molecule has 0 bridgehead atoms. The number of hydrogen-bond acceptors (Lipinski definition) is 2. The van der Waals surface area contributed by atoms with Crippen LogP contribution in [0.25, 0.3) is 0 Å². The van der Waals surface area contributed by atoms with E-state index in [1.165, 1.54) is 0 Å². The molecule has 2 rings (SSSR count). The van der Waals surface area contributed by atoms with Gasteiger partial charge in [0.15, 0.2) is 13.6 Å². The van der Waals surface area contributed by atoms with Crippen LogP contribution < -0.4 is 10.8 Å². The minimum Gasteiger partial charge on any atom is -0.321 e. The summed E-state index contributed by atoms with van der Waals surface area (Å²) >= 11 is 0. The third-order valence-corrected chi connectivity index (χ3v) is 2.94. The van der Waals surface area contributed by atoms with Gasteiger partial charge in [0.05, 0.1) is 5.69 Å². The van der Waals surface area contributed by atoms with E-state index in [1.54, 1.807) is 30.3 Å². The number of rotatable bonds is 4. The Morgan fingerprint density at radius 1 is 1.16 bits per heavy atom. The van der Waals surface area contributed by atoms with Gasteiger partial charge in [-0.1, -0.05) is 42.6 Å². The smallest absolute Gasteiger partial charge is 0.255 e. The summed E-state index contributed by atoms with van der Waals surface area (Å²) in [7, 11) is 0.855. The predicted molar refractivity (Wildman–Crippen MR) is 78.9 cm³/mol. The van der Waals surface area contributed by atoms with E-state index >= 15 is 0 Å². The van der Waals surface area contributed by atoms with Crippen molar-refractivity contribution in [1.29, 1.82) is 0 Å². The van der Waals surface area contributed by atoms with Crippen molar-refractivity contribution < 1.29 is 9.59 Å². The number of aldehydes is 1. The number of anilines is 1. The fourth-order valence-corrected chi connectivity index (χ4v) is 1.82. The second kappa shape index (κ2) is 6.00. The first-order valence-electron chi connectivity index (χ1n) is 6.19. The van der Waals surface area contributed by atoms with Gasteiger partial charge in [0.2, 0.25) is 0 Å². The first-order chi connectivity index (χ1) is 9.24. The standard InChI is InChI=1S/C15H14BNO2/c1-16-13-8-7-12(10-18)14(9-13)17-15(19)11-5-3-2-4-6-11/h2-10,16H,1H3,(H,17,19). The van der Waals surface area contributed by atoms with Gasteiger partial charge in [-0.05, 0) is 18.2 Å². The van der Waals surface area contributed by atoms with Gasteiger partial charge in [0.25, 0.3) is 5.91 Å². The second-order valence-electron chi connectivity index (χ2n) is 4.21. The van der Waals surface area contributed by atoms with Gasteiger partial charge in [0.1, 0.15) is 0 Å². The molecule has 0 aliphatic carbocycles. The predicted octanol–water partition coefficient (Wildman–Crippen LogP) is 1.86. The van der Waals surface area contributed by atoms with Crippen LogP contribution in [0.15, 0.2) is 48.5 Å². The molecule has 2 aromatic carbocycles. The Kier molecular flexibility index (Phi) is 4.13. The lowest BCUT2D eigenvalue weighted by Crippen LogP contribution is -2.17. The summed E-state index contributed by atoms with van der Waals surface area (Å²) in [6, 6.07) is 14.4. The van der Waals surface area contributed by atoms with Gasteiger partial charge in [-0.15, -0.1) is 0 Å². The first-order valence-corrected chi connectivity index (χ1v) is 6.19. The maximum Gasteiger partial charge on any atom is 0.255 e. The van der Waals surface area contributed by atoms with Gasteiger partial charge in [0, 0.05) is 11.1 Å². The van der Waals surface area contributed by atoms with E-state index in [4.69, 9.17) is 0 Å². The molecule has 0 aliphatic rings. The Labute approximate surface area is 112 Å². The molecule has 0 spiro atoms. The SMILES string of the molecule is CBc1ccc(C=O)c(NC(=O)c2ccccc2)c1. The van der Waals surface area contributed by atoms with Gasteiger partial charge < -0.3 is 5.32 Å². The molecule has 0 atom stereocenters. The number of amides is 1. The zero-order valence-electron chi connectivity index (χ0n) is 10.7. The molecule has 1 N–H and O–H groups in total. The van der Waals surface area contributed by atoms with Crippen molar-refractivity contribution in [3.8, 4) is 0 Å². The molecule has 0 unspecified atom stereocenters. The molecular formula is C15H14BNO2. The second-order valence-corrected chi connectivity index (χ2v) is 4.21.